The van der Waals surface area contributed by atoms with Gasteiger partial charge in [-0.3, -0.25) is 4.68 Å². The van der Waals surface area contributed by atoms with Crippen LogP contribution in [0.4, 0.5) is 18.0 Å². The smallest absolute Gasteiger partial charge is 0.422 e. The van der Waals surface area contributed by atoms with Crippen LogP contribution >= 0.6 is 0 Å². The number of alkyl halides is 3. The van der Waals surface area contributed by atoms with E-state index in [1.807, 2.05) is 0 Å². The van der Waals surface area contributed by atoms with Gasteiger partial charge in [-0.2, -0.15) is 18.3 Å². The first-order valence-electron chi connectivity index (χ1n) is 4.74. The minimum absolute atomic E-state index is 0.0797. The Morgan fingerprint density at radius 2 is 2.24 bits per heavy atom. The van der Waals surface area contributed by atoms with Crippen LogP contribution in [0.2, 0.25) is 0 Å². The van der Waals surface area contributed by atoms with Crippen molar-refractivity contribution in [2.75, 3.05) is 6.61 Å². The topological polar surface area (TPSA) is 56.2 Å². The maximum absolute atomic E-state index is 11.7. The number of carbonyl (C=O) groups is 1. The molecule has 17 heavy (non-hydrogen) atoms. The molecule has 0 radical (unpaired) electrons. The van der Waals surface area contributed by atoms with Crippen LogP contribution in [0.3, 0.4) is 0 Å². The molecule has 0 aromatic carbocycles. The maximum atomic E-state index is 11.7. The molecule has 8 heteroatoms. The number of nitrogens with one attached hydrogen (secondary N) is 1. The van der Waals surface area contributed by atoms with Crippen molar-refractivity contribution in [3.05, 3.63) is 17.5 Å². The number of rotatable bonds is 3. The molecule has 0 spiro atoms. The Bertz CT molecular complexity index is 401. The monoisotopic (exact) mass is 251 g/mol. The van der Waals surface area contributed by atoms with E-state index in [9.17, 15) is 18.0 Å². The van der Waals surface area contributed by atoms with Gasteiger partial charge in [0.2, 0.25) is 0 Å². The van der Waals surface area contributed by atoms with Crippen molar-refractivity contribution in [3.8, 4) is 0 Å². The first-order valence-corrected chi connectivity index (χ1v) is 4.74. The molecule has 1 heterocycles. The van der Waals surface area contributed by atoms with Crippen molar-refractivity contribution in [2.24, 2.45) is 7.05 Å². The molecule has 1 N–H and O–H groups in total. The lowest BCUT2D eigenvalue weighted by Crippen LogP contribution is -2.28. The van der Waals surface area contributed by atoms with E-state index in [2.05, 4.69) is 15.2 Å². The molecule has 0 aliphatic heterocycles. The minimum Gasteiger partial charge on any atom is -0.440 e. The van der Waals surface area contributed by atoms with Gasteiger partial charge >= 0.3 is 12.3 Å². The van der Waals surface area contributed by atoms with Gasteiger partial charge in [-0.05, 0) is 6.92 Å². The highest BCUT2D eigenvalue weighted by Gasteiger charge is 2.29. The third kappa shape index (κ3) is 4.75. The van der Waals surface area contributed by atoms with E-state index in [-0.39, 0.29) is 6.54 Å². The van der Waals surface area contributed by atoms with Gasteiger partial charge in [0.1, 0.15) is 0 Å². The summed E-state index contributed by atoms with van der Waals surface area (Å²) in [6.07, 6.45) is -3.95. The number of aromatic nitrogens is 2. The zero-order valence-electron chi connectivity index (χ0n) is 9.34. The standard InChI is InChI=1S/C9H12F3N3O2/c1-6-7(4-15(2)14-6)3-13-8(16)17-5-9(10,11)12/h4H,3,5H2,1-2H3,(H,13,16). The SMILES string of the molecule is Cc1nn(C)cc1CNC(=O)OCC(F)(F)F. The van der Waals surface area contributed by atoms with Crippen molar-refractivity contribution in [3.63, 3.8) is 0 Å². The first kappa shape index (κ1) is 13.3. The summed E-state index contributed by atoms with van der Waals surface area (Å²) in [6.45, 7) is 0.222. The van der Waals surface area contributed by atoms with E-state index in [1.54, 1.807) is 24.9 Å². The van der Waals surface area contributed by atoms with Gasteiger partial charge in [-0.25, -0.2) is 4.79 Å². The minimum atomic E-state index is -4.51. The Kier molecular flexibility index (Phi) is 3.97. The lowest BCUT2D eigenvalue weighted by Gasteiger charge is -2.08. The molecular formula is C9H12F3N3O2. The second-order valence-electron chi connectivity index (χ2n) is 3.46. The van der Waals surface area contributed by atoms with E-state index in [0.717, 1.165) is 5.56 Å². The first-order chi connectivity index (χ1) is 7.78. The molecule has 1 aromatic rings. The highest BCUT2D eigenvalue weighted by Crippen LogP contribution is 2.14. The number of alkyl carbamates (subject to hydrolysis) is 1. The summed E-state index contributed by atoms with van der Waals surface area (Å²) < 4.78 is 40.7. The van der Waals surface area contributed by atoms with Crippen LogP contribution in [0, 0.1) is 6.92 Å². The quantitative estimate of drug-likeness (QED) is 0.886. The number of hydrogen-bond acceptors (Lipinski definition) is 3. The molecule has 0 aliphatic carbocycles. The molecule has 0 aliphatic rings. The Morgan fingerprint density at radius 1 is 1.59 bits per heavy atom. The normalized spacial score (nSPS) is 11.4. The van der Waals surface area contributed by atoms with Crippen molar-refractivity contribution >= 4 is 6.09 Å². The largest absolute Gasteiger partial charge is 0.440 e. The lowest BCUT2D eigenvalue weighted by atomic mass is 10.3. The Morgan fingerprint density at radius 3 is 2.71 bits per heavy atom. The fourth-order valence-corrected chi connectivity index (χ4v) is 1.19. The van der Waals surface area contributed by atoms with Gasteiger partial charge in [0.05, 0.1) is 5.69 Å². The van der Waals surface area contributed by atoms with Gasteiger partial charge in [0.25, 0.3) is 0 Å². The van der Waals surface area contributed by atoms with Gasteiger partial charge in [-0.1, -0.05) is 0 Å². The summed E-state index contributed by atoms with van der Waals surface area (Å²) in [7, 11) is 1.71. The molecule has 0 unspecified atom stereocenters. The average Bonchev–Trinajstić information content (AvgIpc) is 2.50. The van der Waals surface area contributed by atoms with Crippen LogP contribution in [0.25, 0.3) is 0 Å². The molecule has 96 valence electrons. The van der Waals surface area contributed by atoms with Crippen LogP contribution in [0.5, 0.6) is 0 Å². The molecule has 5 nitrogen and oxygen atoms in total. The fraction of sp³-hybridized carbons (Fsp3) is 0.556. The number of nitrogens with zero attached hydrogens (tertiary/aromatic N) is 2. The third-order valence-corrected chi connectivity index (χ3v) is 1.91. The Hall–Kier alpha value is -1.73. The van der Waals surface area contributed by atoms with Crippen LogP contribution in [0.1, 0.15) is 11.3 Å². The summed E-state index contributed by atoms with van der Waals surface area (Å²) in [4.78, 5) is 10.9. The summed E-state index contributed by atoms with van der Waals surface area (Å²) in [6, 6.07) is 0. The van der Waals surface area contributed by atoms with E-state index in [1.165, 1.54) is 0 Å². The van der Waals surface area contributed by atoms with Gasteiger partial charge in [0, 0.05) is 25.4 Å². The molecule has 0 saturated carbocycles. The van der Waals surface area contributed by atoms with Gasteiger partial charge in [-0.15, -0.1) is 0 Å². The number of aryl methyl sites for hydroxylation is 2. The van der Waals surface area contributed by atoms with E-state index in [0.29, 0.717) is 5.69 Å². The van der Waals surface area contributed by atoms with Crippen molar-refractivity contribution in [1.82, 2.24) is 15.1 Å². The molecule has 1 amide bonds. The van der Waals surface area contributed by atoms with Gasteiger partial charge < -0.3 is 10.1 Å². The molecule has 1 rings (SSSR count). The van der Waals surface area contributed by atoms with Crippen molar-refractivity contribution < 1.29 is 22.7 Å². The lowest BCUT2D eigenvalue weighted by molar-refractivity contribution is -0.160. The molecule has 0 saturated heterocycles. The van der Waals surface area contributed by atoms with Crippen molar-refractivity contribution in [2.45, 2.75) is 19.6 Å². The molecular weight excluding hydrogens is 239 g/mol. The summed E-state index contributed by atoms with van der Waals surface area (Å²) in [5.41, 5.74) is 1.42. The average molecular weight is 251 g/mol. The predicted octanol–water partition coefficient (Wildman–Crippen LogP) is 1.52. The number of ether oxygens (including phenoxy) is 1. The van der Waals surface area contributed by atoms with E-state index in [4.69, 9.17) is 0 Å². The van der Waals surface area contributed by atoms with Crippen LogP contribution in [-0.4, -0.2) is 28.7 Å². The van der Waals surface area contributed by atoms with E-state index < -0.39 is 18.9 Å². The van der Waals surface area contributed by atoms with Crippen LogP contribution in [-0.2, 0) is 18.3 Å². The molecule has 0 atom stereocenters. The second kappa shape index (κ2) is 5.07. The van der Waals surface area contributed by atoms with Gasteiger partial charge in [0.15, 0.2) is 6.61 Å². The Balaban J connectivity index is 2.36. The number of carbonyl (C=O) groups excluding carboxylic acids is 1. The molecule has 0 bridgehead atoms. The summed E-state index contributed by atoms with van der Waals surface area (Å²) in [5, 5.41) is 6.23. The number of hydrogen-bond donors (Lipinski definition) is 1. The number of amides is 1. The Labute approximate surface area is 95.5 Å². The predicted molar refractivity (Wildman–Crippen MR) is 52.2 cm³/mol. The number of halogens is 3. The maximum Gasteiger partial charge on any atom is 0.422 e. The summed E-state index contributed by atoms with van der Waals surface area (Å²) in [5.74, 6) is 0. The highest BCUT2D eigenvalue weighted by atomic mass is 19.4. The molecule has 0 fully saturated rings. The van der Waals surface area contributed by atoms with Crippen LogP contribution in [0.15, 0.2) is 6.20 Å². The third-order valence-electron chi connectivity index (χ3n) is 1.91. The molecule has 1 aromatic heterocycles. The highest BCUT2D eigenvalue weighted by molar-refractivity contribution is 5.67. The zero-order valence-corrected chi connectivity index (χ0v) is 9.34. The fourth-order valence-electron chi connectivity index (χ4n) is 1.19. The second-order valence-corrected chi connectivity index (χ2v) is 3.46. The zero-order chi connectivity index (χ0) is 13.1. The summed E-state index contributed by atoms with van der Waals surface area (Å²) >= 11 is 0. The van der Waals surface area contributed by atoms with Crippen molar-refractivity contribution in [1.29, 1.82) is 0 Å². The van der Waals surface area contributed by atoms with Crippen LogP contribution < -0.4 is 5.32 Å². The van der Waals surface area contributed by atoms with E-state index >= 15 is 0 Å².